The minimum absolute atomic E-state index is 0.0826. The van der Waals surface area contributed by atoms with Crippen molar-refractivity contribution in [2.24, 2.45) is 0 Å². The van der Waals surface area contributed by atoms with E-state index in [9.17, 15) is 20.2 Å². The van der Waals surface area contributed by atoms with Crippen LogP contribution >= 0.6 is 0 Å². The molecule has 0 aliphatic heterocycles. The molecule has 0 aliphatic carbocycles. The molecule has 6 nitrogen and oxygen atoms in total. The van der Waals surface area contributed by atoms with Crippen molar-refractivity contribution in [3.63, 3.8) is 0 Å². The quantitative estimate of drug-likeness (QED) is 0.301. The molecule has 0 aromatic heterocycles. The van der Waals surface area contributed by atoms with Gasteiger partial charge < -0.3 is 0 Å². The highest BCUT2D eigenvalue weighted by molar-refractivity contribution is 5.54. The van der Waals surface area contributed by atoms with Crippen molar-refractivity contribution in [1.29, 1.82) is 0 Å². The van der Waals surface area contributed by atoms with E-state index in [0.29, 0.717) is 5.56 Å². The molecular formula is C9H6N2O4. The maximum atomic E-state index is 10.6. The Kier molecular flexibility index (Phi) is 2.98. The fourth-order valence-electron chi connectivity index (χ4n) is 1.07. The summed E-state index contributed by atoms with van der Waals surface area (Å²) < 4.78 is 0. The Hall–Kier alpha value is -2.42. The molecule has 0 N–H and O–H groups in total. The lowest BCUT2D eigenvalue weighted by Crippen LogP contribution is -1.95. The summed E-state index contributed by atoms with van der Waals surface area (Å²) in [7, 11) is 0. The second-order valence-electron chi connectivity index (χ2n) is 2.72. The topological polar surface area (TPSA) is 86.3 Å². The van der Waals surface area contributed by atoms with Gasteiger partial charge in [-0.05, 0) is 12.5 Å². The monoisotopic (exact) mass is 206 g/mol. The zero-order valence-corrected chi connectivity index (χ0v) is 7.76. The molecule has 6 heteroatoms. The minimum Gasteiger partial charge on any atom is -0.258 e. The molecule has 76 valence electrons. The Bertz CT molecular complexity index is 485. The lowest BCUT2D eigenvalue weighted by atomic mass is 10.1. The molecule has 0 bridgehead atoms. The van der Waals surface area contributed by atoms with Crippen molar-refractivity contribution in [3.05, 3.63) is 49.6 Å². The molecule has 0 fully saturated rings. The van der Waals surface area contributed by atoms with Crippen LogP contribution in [0.1, 0.15) is 11.1 Å². The standard InChI is InChI=1S/C9H6N2O4/c1-7-3-2-4-9(11(14)15)8(7)5-6-10(12)13/h2-4H,1H3. The fraction of sp³-hybridized carbons (Fsp3) is 0.111. The van der Waals surface area contributed by atoms with Crippen molar-refractivity contribution in [1.82, 2.24) is 0 Å². The van der Waals surface area contributed by atoms with Crippen LogP contribution in [0.2, 0.25) is 0 Å². The van der Waals surface area contributed by atoms with E-state index in [1.807, 2.05) is 0 Å². The van der Waals surface area contributed by atoms with Gasteiger partial charge in [0.25, 0.3) is 11.7 Å². The predicted octanol–water partition coefficient (Wildman–Crippen LogP) is 1.49. The van der Waals surface area contributed by atoms with Crippen molar-refractivity contribution in [2.75, 3.05) is 0 Å². The third-order valence-electron chi connectivity index (χ3n) is 1.72. The van der Waals surface area contributed by atoms with Crippen LogP contribution in [0, 0.1) is 39.1 Å². The third kappa shape index (κ3) is 2.51. The van der Waals surface area contributed by atoms with E-state index in [1.165, 1.54) is 12.1 Å². The predicted molar refractivity (Wildman–Crippen MR) is 51.7 cm³/mol. The van der Waals surface area contributed by atoms with Crippen molar-refractivity contribution < 1.29 is 9.85 Å². The van der Waals surface area contributed by atoms with Gasteiger partial charge in [-0.25, -0.2) is 10.1 Å². The smallest absolute Gasteiger partial charge is 0.258 e. The van der Waals surface area contributed by atoms with Crippen LogP contribution in [-0.4, -0.2) is 9.85 Å². The Balaban J connectivity index is 3.33. The summed E-state index contributed by atoms with van der Waals surface area (Å²) in [5, 5.41) is 20.6. The maximum absolute atomic E-state index is 10.6. The zero-order chi connectivity index (χ0) is 11.4. The van der Waals surface area contributed by atoms with E-state index in [2.05, 4.69) is 5.92 Å². The van der Waals surface area contributed by atoms with Gasteiger partial charge in [0.1, 0.15) is 10.5 Å². The molecule has 1 aromatic rings. The summed E-state index contributed by atoms with van der Waals surface area (Å²) in [5.41, 5.74) is 0.405. The number of nitro benzene ring substituents is 1. The minimum atomic E-state index is -0.837. The molecule has 0 amide bonds. The molecular weight excluding hydrogens is 200 g/mol. The van der Waals surface area contributed by atoms with Crippen molar-refractivity contribution >= 4 is 5.69 Å². The average Bonchev–Trinajstić information content (AvgIpc) is 2.15. The first kappa shape index (κ1) is 10.7. The van der Waals surface area contributed by atoms with Gasteiger partial charge in [0.2, 0.25) is 0 Å². The van der Waals surface area contributed by atoms with Gasteiger partial charge in [0, 0.05) is 12.0 Å². The second-order valence-corrected chi connectivity index (χ2v) is 2.72. The van der Waals surface area contributed by atoms with Gasteiger partial charge in [-0.15, -0.1) is 0 Å². The number of hydrogen-bond acceptors (Lipinski definition) is 4. The van der Waals surface area contributed by atoms with Crippen LogP contribution in [-0.2, 0) is 0 Å². The Labute approximate surface area is 84.8 Å². The lowest BCUT2D eigenvalue weighted by Gasteiger charge is -1.97. The summed E-state index contributed by atoms with van der Waals surface area (Å²) in [6.07, 6.45) is 0. The number of benzene rings is 1. The van der Waals surface area contributed by atoms with Crippen molar-refractivity contribution in [2.45, 2.75) is 6.92 Å². The first-order valence-corrected chi connectivity index (χ1v) is 3.92. The molecule has 0 unspecified atom stereocenters. The van der Waals surface area contributed by atoms with Gasteiger partial charge in [-0.1, -0.05) is 12.1 Å². The average molecular weight is 206 g/mol. The van der Waals surface area contributed by atoms with Gasteiger partial charge in [0.15, 0.2) is 0 Å². The normalized spacial score (nSPS) is 8.87. The van der Waals surface area contributed by atoms with Gasteiger partial charge in [0.05, 0.1) is 4.92 Å². The number of nitrogens with zero attached hydrogens (tertiary/aromatic N) is 2. The van der Waals surface area contributed by atoms with E-state index in [-0.39, 0.29) is 11.3 Å². The van der Waals surface area contributed by atoms with E-state index in [1.54, 1.807) is 19.0 Å². The van der Waals surface area contributed by atoms with Gasteiger partial charge >= 0.3 is 0 Å². The van der Waals surface area contributed by atoms with Gasteiger partial charge in [-0.3, -0.25) is 10.1 Å². The number of nitro groups is 2. The second kappa shape index (κ2) is 4.19. The number of hydrogen-bond donors (Lipinski definition) is 0. The Morgan fingerprint density at radius 1 is 1.27 bits per heavy atom. The van der Waals surface area contributed by atoms with Crippen LogP contribution in [0.4, 0.5) is 5.69 Å². The van der Waals surface area contributed by atoms with Crippen LogP contribution in [0.15, 0.2) is 18.2 Å². The molecule has 1 rings (SSSR count). The highest BCUT2D eigenvalue weighted by Gasteiger charge is 2.13. The van der Waals surface area contributed by atoms with E-state index < -0.39 is 9.85 Å². The molecule has 0 saturated heterocycles. The summed E-state index contributed by atoms with van der Waals surface area (Å²) in [5.74, 6) is 2.17. The SMILES string of the molecule is Cc1cccc([N+](=O)[O-])c1C#C[N+](=O)[O-]. The van der Waals surface area contributed by atoms with Crippen LogP contribution < -0.4 is 0 Å². The fourth-order valence-corrected chi connectivity index (χ4v) is 1.07. The van der Waals surface area contributed by atoms with E-state index in [0.717, 1.165) is 0 Å². The Morgan fingerprint density at radius 3 is 2.47 bits per heavy atom. The third-order valence-corrected chi connectivity index (χ3v) is 1.72. The van der Waals surface area contributed by atoms with Crippen LogP contribution in [0.25, 0.3) is 0 Å². The summed E-state index contributed by atoms with van der Waals surface area (Å²) in [6, 6.07) is 6.04. The molecule has 0 aliphatic rings. The maximum Gasteiger partial charge on any atom is 0.296 e. The first-order chi connectivity index (χ1) is 7.02. The summed E-state index contributed by atoms with van der Waals surface area (Å²) in [6.45, 7) is 1.61. The number of rotatable bonds is 1. The zero-order valence-electron chi connectivity index (χ0n) is 7.76. The molecule has 0 atom stereocenters. The molecule has 1 aromatic carbocycles. The first-order valence-electron chi connectivity index (χ1n) is 3.92. The Morgan fingerprint density at radius 2 is 1.93 bits per heavy atom. The highest BCUT2D eigenvalue weighted by Crippen LogP contribution is 2.20. The van der Waals surface area contributed by atoms with Gasteiger partial charge in [-0.2, -0.15) is 0 Å². The number of aryl methyl sites for hydroxylation is 1. The molecule has 0 spiro atoms. The van der Waals surface area contributed by atoms with E-state index >= 15 is 0 Å². The summed E-state index contributed by atoms with van der Waals surface area (Å²) >= 11 is 0. The van der Waals surface area contributed by atoms with Crippen molar-refractivity contribution in [3.8, 4) is 12.0 Å². The molecule has 0 saturated carbocycles. The molecule has 15 heavy (non-hydrogen) atoms. The summed E-state index contributed by atoms with van der Waals surface area (Å²) in [4.78, 5) is 19.2. The van der Waals surface area contributed by atoms with Crippen LogP contribution in [0.5, 0.6) is 0 Å². The molecule has 0 radical (unpaired) electrons. The highest BCUT2D eigenvalue weighted by atomic mass is 16.6. The lowest BCUT2D eigenvalue weighted by molar-refractivity contribution is -0.385. The van der Waals surface area contributed by atoms with Crippen LogP contribution in [0.3, 0.4) is 0 Å². The van der Waals surface area contributed by atoms with E-state index in [4.69, 9.17) is 0 Å². The largest absolute Gasteiger partial charge is 0.296 e. The molecule has 0 heterocycles.